The van der Waals surface area contributed by atoms with E-state index in [1.807, 2.05) is 13.8 Å². The Hall–Kier alpha value is -2.96. The standard InChI is InChI=1S/C23H22BrN3O4S/c1-3-5-9-19-26-22(28)21(32(30,31)18-12-10-17(24)11-13-18)23(29)27(19)20-15(4-2)7-6-8-16(20)14-25/h6-8,10-13,28H,3-5,9H2,1-2H3. The van der Waals surface area contributed by atoms with Crippen molar-refractivity contribution in [1.82, 2.24) is 9.55 Å². The fourth-order valence-corrected chi connectivity index (χ4v) is 5.07. The summed E-state index contributed by atoms with van der Waals surface area (Å²) in [6.45, 7) is 3.85. The van der Waals surface area contributed by atoms with Crippen LogP contribution in [0.5, 0.6) is 5.88 Å². The highest BCUT2D eigenvalue weighted by atomic mass is 79.9. The molecule has 0 atom stereocenters. The summed E-state index contributed by atoms with van der Waals surface area (Å²) >= 11 is 3.25. The van der Waals surface area contributed by atoms with Crippen LogP contribution in [0.25, 0.3) is 5.69 Å². The summed E-state index contributed by atoms with van der Waals surface area (Å²) in [4.78, 5) is 16.8. The molecule has 7 nitrogen and oxygen atoms in total. The van der Waals surface area contributed by atoms with E-state index in [2.05, 4.69) is 27.0 Å². The van der Waals surface area contributed by atoms with E-state index in [4.69, 9.17) is 0 Å². The lowest BCUT2D eigenvalue weighted by atomic mass is 10.0. The smallest absolute Gasteiger partial charge is 0.281 e. The van der Waals surface area contributed by atoms with Crippen LogP contribution in [0.1, 0.15) is 43.6 Å². The summed E-state index contributed by atoms with van der Waals surface area (Å²) in [6, 6.07) is 12.9. The van der Waals surface area contributed by atoms with Crippen molar-refractivity contribution in [2.75, 3.05) is 0 Å². The fourth-order valence-electron chi connectivity index (χ4n) is 3.47. The van der Waals surface area contributed by atoms with Crippen LogP contribution in [-0.2, 0) is 22.7 Å². The molecule has 9 heteroatoms. The summed E-state index contributed by atoms with van der Waals surface area (Å²) in [7, 11) is -4.37. The maximum atomic E-state index is 13.7. The SMILES string of the molecule is CCCCc1nc(O)c(S(=O)(=O)c2ccc(Br)cc2)c(=O)n1-c1c(C#N)cccc1CC. The average Bonchev–Trinajstić information content (AvgIpc) is 2.77. The Labute approximate surface area is 195 Å². The van der Waals surface area contributed by atoms with Crippen LogP contribution >= 0.6 is 15.9 Å². The molecule has 0 fully saturated rings. The second kappa shape index (κ2) is 9.67. The first-order valence-electron chi connectivity index (χ1n) is 10.1. The molecule has 166 valence electrons. The molecular weight excluding hydrogens is 494 g/mol. The van der Waals surface area contributed by atoms with E-state index in [0.717, 1.165) is 6.42 Å². The van der Waals surface area contributed by atoms with Crippen molar-refractivity contribution in [3.63, 3.8) is 0 Å². The van der Waals surface area contributed by atoms with Gasteiger partial charge in [-0.1, -0.05) is 48.3 Å². The maximum absolute atomic E-state index is 13.7. The van der Waals surface area contributed by atoms with E-state index in [1.165, 1.54) is 28.8 Å². The highest BCUT2D eigenvalue weighted by molar-refractivity contribution is 9.10. The zero-order chi connectivity index (χ0) is 23.5. The van der Waals surface area contributed by atoms with Crippen molar-refractivity contribution in [2.45, 2.75) is 49.3 Å². The van der Waals surface area contributed by atoms with E-state index in [9.17, 15) is 23.6 Å². The number of unbranched alkanes of at least 4 members (excludes halogenated alkanes) is 1. The Morgan fingerprint density at radius 2 is 1.84 bits per heavy atom. The molecule has 3 rings (SSSR count). The first kappa shape index (κ1) is 23.7. The van der Waals surface area contributed by atoms with Crippen molar-refractivity contribution in [2.24, 2.45) is 0 Å². The molecule has 1 N–H and O–H groups in total. The van der Waals surface area contributed by atoms with Gasteiger partial charge in [-0.3, -0.25) is 9.36 Å². The maximum Gasteiger partial charge on any atom is 0.281 e. The first-order chi connectivity index (χ1) is 15.3. The topological polar surface area (TPSA) is 113 Å². The first-order valence-corrected chi connectivity index (χ1v) is 12.4. The number of aryl methyl sites for hydroxylation is 2. The minimum atomic E-state index is -4.37. The Balaban J connectivity index is 2.42. The predicted octanol–water partition coefficient (Wildman–Crippen LogP) is 4.31. The largest absolute Gasteiger partial charge is 0.492 e. The predicted molar refractivity (Wildman–Crippen MR) is 124 cm³/mol. The van der Waals surface area contributed by atoms with E-state index >= 15 is 0 Å². The summed E-state index contributed by atoms with van der Waals surface area (Å²) in [6.07, 6.45) is 2.32. The number of nitrogens with zero attached hydrogens (tertiary/aromatic N) is 3. The third kappa shape index (κ3) is 4.33. The number of aromatic nitrogens is 2. The van der Waals surface area contributed by atoms with Gasteiger partial charge in [0.2, 0.25) is 15.7 Å². The molecule has 0 radical (unpaired) electrons. The lowest BCUT2D eigenvalue weighted by molar-refractivity contribution is 0.424. The second-order valence-electron chi connectivity index (χ2n) is 7.16. The van der Waals surface area contributed by atoms with Gasteiger partial charge in [-0.2, -0.15) is 10.2 Å². The third-order valence-corrected chi connectivity index (χ3v) is 7.40. The number of para-hydroxylation sites is 1. The molecule has 0 spiro atoms. The number of hydrogen-bond acceptors (Lipinski definition) is 6. The van der Waals surface area contributed by atoms with Gasteiger partial charge in [0.05, 0.1) is 16.1 Å². The van der Waals surface area contributed by atoms with Crippen LogP contribution < -0.4 is 5.56 Å². The Morgan fingerprint density at radius 3 is 2.44 bits per heavy atom. The highest BCUT2D eigenvalue weighted by Gasteiger charge is 2.30. The number of sulfone groups is 1. The molecule has 1 heterocycles. The zero-order valence-electron chi connectivity index (χ0n) is 17.7. The minimum absolute atomic E-state index is 0.146. The van der Waals surface area contributed by atoms with Gasteiger partial charge in [-0.15, -0.1) is 0 Å². The van der Waals surface area contributed by atoms with Crippen LogP contribution in [0.2, 0.25) is 0 Å². The summed E-state index contributed by atoms with van der Waals surface area (Å²) in [5.41, 5.74) is 0.296. The molecule has 0 aliphatic heterocycles. The molecule has 0 aliphatic rings. The van der Waals surface area contributed by atoms with Gasteiger partial charge in [0, 0.05) is 10.9 Å². The normalized spacial score (nSPS) is 11.3. The fraction of sp³-hybridized carbons (Fsp3) is 0.261. The summed E-state index contributed by atoms with van der Waals surface area (Å²) in [5.74, 6) is -0.630. The molecule has 0 bridgehead atoms. The lowest BCUT2D eigenvalue weighted by Gasteiger charge is -2.18. The number of hydrogen-bond donors (Lipinski definition) is 1. The van der Waals surface area contributed by atoms with Crippen LogP contribution in [0.3, 0.4) is 0 Å². The Bertz CT molecular complexity index is 1360. The van der Waals surface area contributed by atoms with E-state index in [1.54, 1.807) is 18.2 Å². The average molecular weight is 516 g/mol. The van der Waals surface area contributed by atoms with Crippen molar-refractivity contribution >= 4 is 25.8 Å². The monoisotopic (exact) mass is 515 g/mol. The van der Waals surface area contributed by atoms with Crippen molar-refractivity contribution in [3.8, 4) is 17.6 Å². The quantitative estimate of drug-likeness (QED) is 0.501. The van der Waals surface area contributed by atoms with E-state index in [-0.39, 0.29) is 16.3 Å². The number of benzene rings is 2. The third-order valence-electron chi connectivity index (χ3n) is 5.08. The molecular formula is C23H22BrN3O4S. The van der Waals surface area contributed by atoms with Gasteiger partial charge in [-0.25, -0.2) is 8.42 Å². The zero-order valence-corrected chi connectivity index (χ0v) is 20.1. The van der Waals surface area contributed by atoms with Gasteiger partial charge in [0.15, 0.2) is 4.90 Å². The molecule has 32 heavy (non-hydrogen) atoms. The molecule has 0 amide bonds. The second-order valence-corrected chi connectivity index (χ2v) is 9.96. The number of rotatable bonds is 7. The van der Waals surface area contributed by atoms with Crippen molar-refractivity contribution in [1.29, 1.82) is 5.26 Å². The Morgan fingerprint density at radius 1 is 1.16 bits per heavy atom. The van der Waals surface area contributed by atoms with Crippen LogP contribution in [0.15, 0.2) is 61.5 Å². The lowest BCUT2D eigenvalue weighted by Crippen LogP contribution is -2.30. The molecule has 0 saturated carbocycles. The summed E-state index contributed by atoms with van der Waals surface area (Å²) in [5, 5.41) is 20.3. The molecule has 1 aromatic heterocycles. The summed E-state index contributed by atoms with van der Waals surface area (Å²) < 4.78 is 28.5. The van der Waals surface area contributed by atoms with Crippen molar-refractivity contribution < 1.29 is 13.5 Å². The van der Waals surface area contributed by atoms with Gasteiger partial charge in [0.25, 0.3) is 5.56 Å². The van der Waals surface area contributed by atoms with E-state index in [0.29, 0.717) is 35.0 Å². The highest BCUT2D eigenvalue weighted by Crippen LogP contribution is 2.28. The van der Waals surface area contributed by atoms with Gasteiger partial charge < -0.3 is 5.11 Å². The van der Waals surface area contributed by atoms with Crippen molar-refractivity contribution in [3.05, 3.63) is 74.2 Å². The van der Waals surface area contributed by atoms with Crippen LogP contribution in [0, 0.1) is 11.3 Å². The number of aromatic hydroxyl groups is 1. The molecule has 3 aromatic rings. The van der Waals surface area contributed by atoms with Gasteiger partial charge in [-0.05, 0) is 48.7 Å². The van der Waals surface area contributed by atoms with Gasteiger partial charge >= 0.3 is 0 Å². The van der Waals surface area contributed by atoms with Gasteiger partial charge in [0.1, 0.15) is 11.9 Å². The van der Waals surface area contributed by atoms with Crippen LogP contribution in [-0.4, -0.2) is 23.1 Å². The molecule has 0 aliphatic carbocycles. The minimum Gasteiger partial charge on any atom is -0.492 e. The molecule has 0 saturated heterocycles. The molecule has 2 aromatic carbocycles. The van der Waals surface area contributed by atoms with E-state index < -0.39 is 26.2 Å². The Kier molecular flexibility index (Phi) is 7.16. The number of nitriles is 1. The molecule has 0 unspecified atom stereocenters. The number of halogens is 1. The van der Waals surface area contributed by atoms with Crippen LogP contribution in [0.4, 0.5) is 0 Å².